The molecule has 0 fully saturated rings. The van der Waals surface area contributed by atoms with E-state index in [2.05, 4.69) is 20.5 Å². The average molecular weight is 473 g/mol. The Morgan fingerprint density at radius 1 is 1.26 bits per heavy atom. The Labute approximate surface area is 191 Å². The molecule has 0 aliphatic heterocycles. The molecule has 31 heavy (non-hydrogen) atoms. The minimum Gasteiger partial charge on any atom is -0.497 e. The standard InChI is InChI=1S/C21H17ClN4O3S2/c1-28-15-5-2-13(3-6-15)17-11-23-20(29-17)9-8-19(27)25-14-4-7-18(16(22)10-14)31-21-26-24-12-30-21/h2-7,10-12H,8-9H2,1H3,(H,25,27). The molecule has 10 heteroatoms. The highest BCUT2D eigenvalue weighted by atomic mass is 35.5. The first-order chi connectivity index (χ1) is 15.1. The van der Waals surface area contributed by atoms with E-state index in [1.165, 1.54) is 23.1 Å². The van der Waals surface area contributed by atoms with E-state index in [-0.39, 0.29) is 12.3 Å². The average Bonchev–Trinajstić information content (AvgIpc) is 3.46. The monoisotopic (exact) mass is 472 g/mol. The maximum atomic E-state index is 12.3. The predicted octanol–water partition coefficient (Wildman–Crippen LogP) is 5.58. The van der Waals surface area contributed by atoms with E-state index in [4.69, 9.17) is 20.8 Å². The smallest absolute Gasteiger partial charge is 0.224 e. The molecule has 4 aromatic rings. The number of carbonyl (C=O) groups excluding carboxylic acids is 1. The number of hydrogen-bond donors (Lipinski definition) is 1. The molecule has 4 rings (SSSR count). The van der Waals surface area contributed by atoms with Crippen molar-refractivity contribution in [3.8, 4) is 17.1 Å². The number of hydrogen-bond acceptors (Lipinski definition) is 8. The summed E-state index contributed by atoms with van der Waals surface area (Å²) in [5, 5.41) is 11.2. The van der Waals surface area contributed by atoms with Crippen LogP contribution in [-0.4, -0.2) is 28.2 Å². The van der Waals surface area contributed by atoms with Gasteiger partial charge in [-0.2, -0.15) is 0 Å². The Bertz CT molecular complexity index is 1160. The molecular weight excluding hydrogens is 456 g/mol. The molecule has 1 N–H and O–H groups in total. The van der Waals surface area contributed by atoms with Crippen LogP contribution in [0.4, 0.5) is 5.69 Å². The zero-order valence-corrected chi connectivity index (χ0v) is 18.8. The van der Waals surface area contributed by atoms with Crippen LogP contribution in [0.1, 0.15) is 12.3 Å². The van der Waals surface area contributed by atoms with Crippen molar-refractivity contribution in [1.82, 2.24) is 15.2 Å². The van der Waals surface area contributed by atoms with Crippen LogP contribution in [0.2, 0.25) is 5.02 Å². The van der Waals surface area contributed by atoms with Crippen molar-refractivity contribution in [3.63, 3.8) is 0 Å². The van der Waals surface area contributed by atoms with Crippen molar-refractivity contribution < 1.29 is 13.9 Å². The number of carbonyl (C=O) groups is 1. The third-order valence-electron chi connectivity index (χ3n) is 4.25. The number of rotatable bonds is 8. The van der Waals surface area contributed by atoms with Crippen LogP contribution in [0.25, 0.3) is 11.3 Å². The molecule has 0 atom stereocenters. The molecule has 158 valence electrons. The number of amides is 1. The predicted molar refractivity (Wildman–Crippen MR) is 121 cm³/mol. The van der Waals surface area contributed by atoms with Crippen LogP contribution < -0.4 is 10.1 Å². The Kier molecular flexibility index (Phi) is 6.86. The Morgan fingerprint density at radius 3 is 2.81 bits per heavy atom. The first-order valence-electron chi connectivity index (χ1n) is 9.23. The number of ether oxygens (including phenoxy) is 1. The molecule has 7 nitrogen and oxygen atoms in total. The van der Waals surface area contributed by atoms with Crippen LogP contribution in [0.5, 0.6) is 5.75 Å². The summed E-state index contributed by atoms with van der Waals surface area (Å²) in [4.78, 5) is 17.4. The van der Waals surface area contributed by atoms with E-state index in [0.29, 0.717) is 28.8 Å². The van der Waals surface area contributed by atoms with Crippen molar-refractivity contribution in [2.75, 3.05) is 12.4 Å². The van der Waals surface area contributed by atoms with Gasteiger partial charge in [0.05, 0.1) is 18.3 Å². The Balaban J connectivity index is 1.31. The van der Waals surface area contributed by atoms with Crippen molar-refractivity contribution in [2.45, 2.75) is 22.1 Å². The van der Waals surface area contributed by atoms with E-state index < -0.39 is 0 Å². The first-order valence-corrected chi connectivity index (χ1v) is 11.3. The number of aryl methyl sites for hydroxylation is 1. The molecule has 0 bridgehead atoms. The third kappa shape index (κ3) is 5.63. The number of anilines is 1. The third-order valence-corrected chi connectivity index (χ3v) is 6.53. The SMILES string of the molecule is COc1ccc(-c2cnc(CCC(=O)Nc3ccc(Sc4nncs4)c(Cl)c3)o2)cc1. The fourth-order valence-electron chi connectivity index (χ4n) is 2.72. The summed E-state index contributed by atoms with van der Waals surface area (Å²) in [6, 6.07) is 12.9. The molecule has 0 unspecified atom stereocenters. The molecule has 2 aromatic carbocycles. The van der Waals surface area contributed by atoms with Crippen LogP contribution in [0, 0.1) is 0 Å². The highest BCUT2D eigenvalue weighted by molar-refractivity contribution is 8.01. The fraction of sp³-hybridized carbons (Fsp3) is 0.143. The lowest BCUT2D eigenvalue weighted by atomic mass is 10.2. The van der Waals surface area contributed by atoms with Gasteiger partial charge in [-0.05, 0) is 42.5 Å². The summed E-state index contributed by atoms with van der Waals surface area (Å²) in [6.45, 7) is 0. The second-order valence-electron chi connectivity index (χ2n) is 6.35. The van der Waals surface area contributed by atoms with E-state index in [1.54, 1.807) is 30.9 Å². The van der Waals surface area contributed by atoms with Gasteiger partial charge in [-0.25, -0.2) is 4.98 Å². The van der Waals surface area contributed by atoms with E-state index in [1.807, 2.05) is 30.3 Å². The van der Waals surface area contributed by atoms with Gasteiger partial charge in [0.25, 0.3) is 0 Å². The summed E-state index contributed by atoms with van der Waals surface area (Å²) in [5.41, 5.74) is 3.19. The number of nitrogens with one attached hydrogen (secondary N) is 1. The van der Waals surface area contributed by atoms with Crippen molar-refractivity contribution in [2.24, 2.45) is 0 Å². The molecule has 0 saturated heterocycles. The van der Waals surface area contributed by atoms with Crippen LogP contribution in [0.15, 0.2) is 67.8 Å². The lowest BCUT2D eigenvalue weighted by Crippen LogP contribution is -2.12. The van der Waals surface area contributed by atoms with E-state index >= 15 is 0 Å². The quantitative estimate of drug-likeness (QED) is 0.358. The molecule has 0 aliphatic carbocycles. The largest absolute Gasteiger partial charge is 0.497 e. The molecule has 1 amide bonds. The van der Waals surface area contributed by atoms with E-state index in [9.17, 15) is 4.79 Å². The lowest BCUT2D eigenvalue weighted by Gasteiger charge is -2.07. The summed E-state index contributed by atoms with van der Waals surface area (Å²) in [6.07, 6.45) is 2.28. The number of halogens is 1. The summed E-state index contributed by atoms with van der Waals surface area (Å²) in [7, 11) is 1.62. The zero-order chi connectivity index (χ0) is 21.6. The number of aromatic nitrogens is 3. The number of methoxy groups -OCH3 is 1. The molecular formula is C21H17ClN4O3S2. The topological polar surface area (TPSA) is 90.1 Å². The number of nitrogens with zero attached hydrogens (tertiary/aromatic N) is 3. The maximum absolute atomic E-state index is 12.3. The van der Waals surface area contributed by atoms with Crippen molar-refractivity contribution in [3.05, 3.63) is 65.1 Å². The van der Waals surface area contributed by atoms with Crippen molar-refractivity contribution >= 4 is 46.3 Å². The second kappa shape index (κ2) is 9.95. The van der Waals surface area contributed by atoms with Gasteiger partial charge in [-0.1, -0.05) is 34.7 Å². The van der Waals surface area contributed by atoms with Gasteiger partial charge in [0.15, 0.2) is 16.0 Å². The van der Waals surface area contributed by atoms with Gasteiger partial charge < -0.3 is 14.5 Å². The first kappa shape index (κ1) is 21.4. The highest BCUT2D eigenvalue weighted by Crippen LogP contribution is 2.35. The lowest BCUT2D eigenvalue weighted by molar-refractivity contribution is -0.116. The summed E-state index contributed by atoms with van der Waals surface area (Å²) in [5.74, 6) is 1.77. The minimum absolute atomic E-state index is 0.148. The normalized spacial score (nSPS) is 10.8. The number of benzene rings is 2. The van der Waals surface area contributed by atoms with E-state index in [0.717, 1.165) is 20.5 Å². The Hall–Kier alpha value is -2.88. The molecule has 0 saturated carbocycles. The molecule has 0 aliphatic rings. The van der Waals surface area contributed by atoms with Gasteiger partial charge in [0.1, 0.15) is 11.3 Å². The molecule has 0 radical (unpaired) electrons. The highest BCUT2D eigenvalue weighted by Gasteiger charge is 2.11. The number of oxazole rings is 1. The van der Waals surface area contributed by atoms with Crippen LogP contribution in [-0.2, 0) is 11.2 Å². The molecule has 2 heterocycles. The Morgan fingerprint density at radius 2 is 2.10 bits per heavy atom. The second-order valence-corrected chi connectivity index (χ2v) is 8.88. The van der Waals surface area contributed by atoms with Gasteiger partial charge >= 0.3 is 0 Å². The van der Waals surface area contributed by atoms with Gasteiger partial charge in [-0.15, -0.1) is 10.2 Å². The van der Waals surface area contributed by atoms with Crippen LogP contribution in [0.3, 0.4) is 0 Å². The summed E-state index contributed by atoms with van der Waals surface area (Å²) >= 11 is 9.20. The van der Waals surface area contributed by atoms with Crippen molar-refractivity contribution in [1.29, 1.82) is 0 Å². The fourth-order valence-corrected chi connectivity index (χ4v) is 4.46. The summed E-state index contributed by atoms with van der Waals surface area (Å²) < 4.78 is 11.7. The van der Waals surface area contributed by atoms with Gasteiger partial charge in [-0.3, -0.25) is 4.79 Å². The molecule has 0 spiro atoms. The van der Waals surface area contributed by atoms with Gasteiger partial charge in [0, 0.05) is 29.0 Å². The molecule has 2 aromatic heterocycles. The maximum Gasteiger partial charge on any atom is 0.224 e. The zero-order valence-electron chi connectivity index (χ0n) is 16.4. The minimum atomic E-state index is -0.148. The van der Waals surface area contributed by atoms with Crippen LogP contribution >= 0.6 is 34.7 Å². The van der Waals surface area contributed by atoms with Gasteiger partial charge in [0.2, 0.25) is 5.91 Å².